The second-order valence-corrected chi connectivity index (χ2v) is 6.94. The zero-order chi connectivity index (χ0) is 11.9. The summed E-state index contributed by atoms with van der Waals surface area (Å²) in [6, 6.07) is 3.56. The van der Waals surface area contributed by atoms with Crippen LogP contribution in [0.1, 0.15) is 12.6 Å². The number of sulfonamides is 1. The van der Waals surface area contributed by atoms with Crippen molar-refractivity contribution in [3.63, 3.8) is 0 Å². The number of pyridine rings is 1. The Morgan fingerprint density at radius 3 is 2.69 bits per heavy atom. The molecule has 1 aliphatic heterocycles. The van der Waals surface area contributed by atoms with Crippen LogP contribution >= 0.6 is 15.9 Å². The molecule has 0 amide bonds. The molecule has 2 rings (SSSR count). The molecule has 88 valence electrons. The van der Waals surface area contributed by atoms with E-state index in [-0.39, 0.29) is 11.7 Å². The Bertz CT molecular complexity index is 516. The summed E-state index contributed by atoms with van der Waals surface area (Å²) in [7, 11) is -3.16. The van der Waals surface area contributed by atoms with Gasteiger partial charge in [-0.2, -0.15) is 0 Å². The van der Waals surface area contributed by atoms with Gasteiger partial charge < -0.3 is 0 Å². The molecular formula is C10H13BrN2O2S. The van der Waals surface area contributed by atoms with Crippen molar-refractivity contribution in [3.8, 4) is 0 Å². The number of nitrogens with zero attached hydrogens (tertiary/aromatic N) is 2. The summed E-state index contributed by atoms with van der Waals surface area (Å²) in [6.45, 7) is 4.30. The third kappa shape index (κ3) is 2.08. The first-order chi connectivity index (χ1) is 7.40. The van der Waals surface area contributed by atoms with E-state index in [0.717, 1.165) is 10.2 Å². The first kappa shape index (κ1) is 11.9. The van der Waals surface area contributed by atoms with E-state index >= 15 is 0 Å². The molecule has 6 heteroatoms. The Kier molecular flexibility index (Phi) is 2.96. The van der Waals surface area contributed by atoms with Crippen LogP contribution in [0.4, 0.5) is 5.82 Å². The largest absolute Gasteiger partial charge is 0.253 e. The number of anilines is 1. The van der Waals surface area contributed by atoms with E-state index in [1.54, 1.807) is 6.07 Å². The van der Waals surface area contributed by atoms with Crippen molar-refractivity contribution < 1.29 is 8.42 Å². The van der Waals surface area contributed by atoms with Gasteiger partial charge in [0.15, 0.2) is 0 Å². The number of hydrogen-bond acceptors (Lipinski definition) is 3. The standard InChI is InChI=1S/C10H13BrN2O2S/c1-7-5-13(16(14,15)6-7)10-4-3-9(11)8(2)12-10/h3-4,7H,5-6H2,1-2H3. The molecule has 0 saturated carbocycles. The average molecular weight is 305 g/mol. The Labute approximate surface area is 104 Å². The van der Waals surface area contributed by atoms with Crippen molar-refractivity contribution in [2.24, 2.45) is 5.92 Å². The second kappa shape index (κ2) is 4.00. The van der Waals surface area contributed by atoms with Gasteiger partial charge in [-0.15, -0.1) is 0 Å². The molecule has 0 aromatic carbocycles. The highest BCUT2D eigenvalue weighted by Gasteiger charge is 2.34. The molecule has 0 bridgehead atoms. The number of rotatable bonds is 1. The molecule has 0 spiro atoms. The van der Waals surface area contributed by atoms with Crippen molar-refractivity contribution in [1.82, 2.24) is 4.98 Å². The van der Waals surface area contributed by atoms with E-state index in [2.05, 4.69) is 20.9 Å². The maximum absolute atomic E-state index is 11.8. The third-order valence-electron chi connectivity index (χ3n) is 2.57. The van der Waals surface area contributed by atoms with Crippen molar-refractivity contribution in [1.29, 1.82) is 0 Å². The molecule has 1 saturated heterocycles. The quantitative estimate of drug-likeness (QED) is 0.797. The van der Waals surface area contributed by atoms with E-state index < -0.39 is 10.0 Å². The highest BCUT2D eigenvalue weighted by atomic mass is 79.9. The first-order valence-corrected chi connectivity index (χ1v) is 7.44. The van der Waals surface area contributed by atoms with E-state index in [9.17, 15) is 8.42 Å². The number of hydrogen-bond donors (Lipinski definition) is 0. The van der Waals surface area contributed by atoms with Gasteiger partial charge in [0, 0.05) is 11.0 Å². The van der Waals surface area contributed by atoms with E-state index in [1.165, 1.54) is 4.31 Å². The van der Waals surface area contributed by atoms with Gasteiger partial charge >= 0.3 is 0 Å². The van der Waals surface area contributed by atoms with Gasteiger partial charge in [0.25, 0.3) is 0 Å². The average Bonchev–Trinajstić information content (AvgIpc) is 2.44. The third-order valence-corrected chi connectivity index (χ3v) is 5.41. The molecule has 1 unspecified atom stereocenters. The van der Waals surface area contributed by atoms with Crippen LogP contribution in [0.15, 0.2) is 16.6 Å². The van der Waals surface area contributed by atoms with Crippen LogP contribution in [0, 0.1) is 12.8 Å². The van der Waals surface area contributed by atoms with Gasteiger partial charge in [0.1, 0.15) is 5.82 Å². The molecule has 0 aliphatic carbocycles. The highest BCUT2D eigenvalue weighted by Crippen LogP contribution is 2.27. The van der Waals surface area contributed by atoms with Crippen LogP contribution in [0.5, 0.6) is 0 Å². The predicted octanol–water partition coefficient (Wildman–Crippen LogP) is 1.94. The minimum Gasteiger partial charge on any atom is -0.253 e. The first-order valence-electron chi connectivity index (χ1n) is 5.04. The minimum absolute atomic E-state index is 0.163. The molecule has 0 radical (unpaired) electrons. The van der Waals surface area contributed by atoms with E-state index in [0.29, 0.717) is 12.4 Å². The lowest BCUT2D eigenvalue weighted by Crippen LogP contribution is -2.26. The van der Waals surface area contributed by atoms with Gasteiger partial charge in [0.2, 0.25) is 10.0 Å². The van der Waals surface area contributed by atoms with Crippen molar-refractivity contribution >= 4 is 31.8 Å². The maximum Gasteiger partial charge on any atom is 0.236 e. The molecule has 1 aromatic heterocycles. The molecule has 2 heterocycles. The monoisotopic (exact) mass is 304 g/mol. The minimum atomic E-state index is -3.16. The van der Waals surface area contributed by atoms with Crippen LogP contribution in [-0.4, -0.2) is 25.7 Å². The lowest BCUT2D eigenvalue weighted by Gasteiger charge is -2.16. The Hall–Kier alpha value is -0.620. The molecular weight excluding hydrogens is 292 g/mol. The molecule has 1 aliphatic rings. The summed E-state index contributed by atoms with van der Waals surface area (Å²) in [5.74, 6) is 0.893. The summed E-state index contributed by atoms with van der Waals surface area (Å²) in [5, 5.41) is 0. The summed E-state index contributed by atoms with van der Waals surface area (Å²) in [6.07, 6.45) is 0. The molecule has 1 atom stereocenters. The van der Waals surface area contributed by atoms with Crippen LogP contribution in [0.3, 0.4) is 0 Å². The second-order valence-electron chi connectivity index (χ2n) is 4.15. The zero-order valence-electron chi connectivity index (χ0n) is 9.14. The SMILES string of the molecule is Cc1nc(N2CC(C)CS2(=O)=O)ccc1Br. The van der Waals surface area contributed by atoms with Crippen molar-refractivity contribution in [2.75, 3.05) is 16.6 Å². The van der Waals surface area contributed by atoms with E-state index in [4.69, 9.17) is 0 Å². The van der Waals surface area contributed by atoms with Gasteiger partial charge in [-0.05, 0) is 40.9 Å². The Morgan fingerprint density at radius 2 is 2.19 bits per heavy atom. The van der Waals surface area contributed by atoms with Gasteiger partial charge in [-0.25, -0.2) is 13.4 Å². The Balaban J connectivity index is 2.42. The van der Waals surface area contributed by atoms with Gasteiger partial charge in [0.05, 0.1) is 11.4 Å². The van der Waals surface area contributed by atoms with Gasteiger partial charge in [-0.3, -0.25) is 4.31 Å². The summed E-state index contributed by atoms with van der Waals surface area (Å²) in [4.78, 5) is 4.28. The number of halogens is 1. The summed E-state index contributed by atoms with van der Waals surface area (Å²) >= 11 is 3.35. The molecule has 1 aromatic rings. The highest BCUT2D eigenvalue weighted by molar-refractivity contribution is 9.10. The smallest absolute Gasteiger partial charge is 0.236 e. The van der Waals surface area contributed by atoms with Crippen LogP contribution in [0.25, 0.3) is 0 Å². The number of aromatic nitrogens is 1. The fourth-order valence-corrected chi connectivity index (χ4v) is 3.90. The molecule has 1 fully saturated rings. The van der Waals surface area contributed by atoms with Crippen molar-refractivity contribution in [2.45, 2.75) is 13.8 Å². The maximum atomic E-state index is 11.8. The predicted molar refractivity (Wildman–Crippen MR) is 67.0 cm³/mol. The zero-order valence-corrected chi connectivity index (χ0v) is 11.5. The topological polar surface area (TPSA) is 50.3 Å². The van der Waals surface area contributed by atoms with Crippen LogP contribution in [0.2, 0.25) is 0 Å². The fraction of sp³-hybridized carbons (Fsp3) is 0.500. The lowest BCUT2D eigenvalue weighted by molar-refractivity contribution is 0.597. The van der Waals surface area contributed by atoms with Gasteiger partial charge in [-0.1, -0.05) is 6.92 Å². The summed E-state index contributed by atoms with van der Waals surface area (Å²) < 4.78 is 26.0. The van der Waals surface area contributed by atoms with Crippen LogP contribution in [-0.2, 0) is 10.0 Å². The number of aryl methyl sites for hydroxylation is 1. The summed E-state index contributed by atoms with van der Waals surface area (Å²) in [5.41, 5.74) is 0.798. The van der Waals surface area contributed by atoms with Crippen LogP contribution < -0.4 is 4.31 Å². The fourth-order valence-electron chi connectivity index (χ4n) is 1.80. The molecule has 4 nitrogen and oxygen atoms in total. The van der Waals surface area contributed by atoms with Crippen molar-refractivity contribution in [3.05, 3.63) is 22.3 Å². The Morgan fingerprint density at radius 1 is 1.50 bits per heavy atom. The lowest BCUT2D eigenvalue weighted by atomic mass is 10.2. The van der Waals surface area contributed by atoms with E-state index in [1.807, 2.05) is 19.9 Å². The normalized spacial score (nSPS) is 23.7. The molecule has 16 heavy (non-hydrogen) atoms. The molecule has 0 N–H and O–H groups in total.